The lowest BCUT2D eigenvalue weighted by Gasteiger charge is -2.03. The fourth-order valence-corrected chi connectivity index (χ4v) is 3.11. The lowest BCUT2D eigenvalue weighted by Crippen LogP contribution is -1.91. The van der Waals surface area contributed by atoms with E-state index >= 15 is 0 Å². The van der Waals surface area contributed by atoms with E-state index in [0.717, 1.165) is 27.2 Å². The summed E-state index contributed by atoms with van der Waals surface area (Å²) in [6.07, 6.45) is 2.32. The number of aromatic nitrogens is 4. The van der Waals surface area contributed by atoms with Crippen LogP contribution in [-0.2, 0) is 6.42 Å². The molecule has 0 saturated heterocycles. The maximum Gasteiger partial charge on any atom is 0.261 e. The van der Waals surface area contributed by atoms with Gasteiger partial charge in [-0.1, -0.05) is 41.6 Å². The van der Waals surface area contributed by atoms with E-state index in [-0.39, 0.29) is 5.75 Å². The highest BCUT2D eigenvalue weighted by molar-refractivity contribution is 5.89. The third-order valence-corrected chi connectivity index (χ3v) is 4.43. The predicted octanol–water partition coefficient (Wildman–Crippen LogP) is 4.06. The lowest BCUT2D eigenvalue weighted by molar-refractivity contribution is 0.419. The average Bonchev–Trinajstić information content (AvgIpc) is 3.30. The number of phenols is 1. The minimum atomic E-state index is 0.123. The zero-order valence-electron chi connectivity index (χ0n) is 13.7. The van der Waals surface area contributed by atoms with Crippen molar-refractivity contribution in [2.75, 3.05) is 0 Å². The number of benzene rings is 3. The van der Waals surface area contributed by atoms with Crippen molar-refractivity contribution >= 4 is 21.7 Å². The minimum absolute atomic E-state index is 0.123. The zero-order valence-corrected chi connectivity index (χ0v) is 13.7. The largest absolute Gasteiger partial charge is 0.507 e. The van der Waals surface area contributed by atoms with Crippen LogP contribution in [0.15, 0.2) is 65.3 Å². The molecular weight excluding hydrogens is 328 g/mol. The number of fused-ring (bicyclic) bond motifs is 2. The first-order chi connectivity index (χ1) is 12.8. The Kier molecular flexibility index (Phi) is 3.21. The van der Waals surface area contributed by atoms with Crippen molar-refractivity contribution in [3.8, 4) is 17.2 Å². The summed E-state index contributed by atoms with van der Waals surface area (Å²) in [5.74, 6) is 0.995. The van der Waals surface area contributed by atoms with E-state index in [9.17, 15) is 5.11 Å². The molecule has 6 nitrogen and oxygen atoms in total. The van der Waals surface area contributed by atoms with Gasteiger partial charge in [0.2, 0.25) is 0 Å². The number of hydrogen-bond donors (Lipinski definition) is 2. The molecule has 5 aromatic rings. The molecule has 0 spiro atoms. The summed E-state index contributed by atoms with van der Waals surface area (Å²) >= 11 is 0. The maximum absolute atomic E-state index is 10.3. The SMILES string of the molecule is Oc1cc2ccccc2cc1-c1nc(Cc2ccc3cn[nH]c3c2)no1. The van der Waals surface area contributed by atoms with Gasteiger partial charge in [-0.3, -0.25) is 5.10 Å². The standard InChI is InChI=1S/C20H14N4O2/c25-18-10-14-4-2-1-3-13(14)9-16(18)20-22-19(24-26-20)8-12-5-6-15-11-21-23-17(15)7-12/h1-7,9-11,25H,8H2,(H,21,23). The van der Waals surface area contributed by atoms with E-state index in [4.69, 9.17) is 4.52 Å². The Balaban J connectivity index is 1.48. The monoisotopic (exact) mass is 342 g/mol. The second-order valence-electron chi connectivity index (χ2n) is 6.20. The number of rotatable bonds is 3. The molecule has 0 saturated carbocycles. The van der Waals surface area contributed by atoms with E-state index in [1.165, 1.54) is 0 Å². The number of aromatic hydroxyl groups is 1. The number of phenolic OH excluding ortho intramolecular Hbond substituents is 1. The van der Waals surface area contributed by atoms with Gasteiger partial charge in [0.25, 0.3) is 5.89 Å². The number of nitrogens with zero attached hydrogens (tertiary/aromatic N) is 3. The molecule has 0 aliphatic heterocycles. The highest BCUT2D eigenvalue weighted by atomic mass is 16.5. The first-order valence-corrected chi connectivity index (χ1v) is 8.23. The van der Waals surface area contributed by atoms with Gasteiger partial charge in [-0.2, -0.15) is 10.1 Å². The van der Waals surface area contributed by atoms with Crippen molar-refractivity contribution in [2.24, 2.45) is 0 Å². The van der Waals surface area contributed by atoms with Crippen molar-refractivity contribution < 1.29 is 9.63 Å². The molecule has 0 amide bonds. The van der Waals surface area contributed by atoms with Gasteiger partial charge in [-0.05, 0) is 34.5 Å². The Morgan fingerprint density at radius 2 is 1.81 bits per heavy atom. The van der Waals surface area contributed by atoms with Crippen molar-refractivity contribution in [1.29, 1.82) is 0 Å². The Morgan fingerprint density at radius 1 is 0.962 bits per heavy atom. The molecule has 3 aromatic carbocycles. The first kappa shape index (κ1) is 14.7. The Bertz CT molecular complexity index is 1240. The summed E-state index contributed by atoms with van der Waals surface area (Å²) in [5.41, 5.74) is 2.56. The van der Waals surface area contributed by atoms with Gasteiger partial charge in [0, 0.05) is 11.8 Å². The van der Waals surface area contributed by atoms with Crippen LogP contribution < -0.4 is 0 Å². The van der Waals surface area contributed by atoms with E-state index < -0.39 is 0 Å². The second kappa shape index (κ2) is 5.70. The molecule has 2 aromatic heterocycles. The van der Waals surface area contributed by atoms with Crippen LogP contribution in [0.25, 0.3) is 33.1 Å². The van der Waals surface area contributed by atoms with Crippen LogP contribution in [0.5, 0.6) is 5.75 Å². The van der Waals surface area contributed by atoms with Gasteiger partial charge in [0.15, 0.2) is 5.82 Å². The van der Waals surface area contributed by atoms with Crippen molar-refractivity contribution in [2.45, 2.75) is 6.42 Å². The fraction of sp³-hybridized carbons (Fsp3) is 0.0500. The van der Waals surface area contributed by atoms with Gasteiger partial charge in [-0.15, -0.1) is 0 Å². The molecule has 0 aliphatic carbocycles. The number of aromatic amines is 1. The number of nitrogens with one attached hydrogen (secondary N) is 1. The van der Waals surface area contributed by atoms with Gasteiger partial charge in [0.05, 0.1) is 17.3 Å². The van der Waals surface area contributed by atoms with Crippen LogP contribution in [0.3, 0.4) is 0 Å². The van der Waals surface area contributed by atoms with Gasteiger partial charge in [0.1, 0.15) is 5.75 Å². The smallest absolute Gasteiger partial charge is 0.261 e. The molecule has 26 heavy (non-hydrogen) atoms. The third-order valence-electron chi connectivity index (χ3n) is 4.43. The van der Waals surface area contributed by atoms with E-state index in [1.807, 2.05) is 48.5 Å². The van der Waals surface area contributed by atoms with Crippen LogP contribution >= 0.6 is 0 Å². The molecule has 0 unspecified atom stereocenters. The molecule has 0 fully saturated rings. The molecule has 126 valence electrons. The molecule has 0 atom stereocenters. The molecule has 0 aliphatic rings. The van der Waals surface area contributed by atoms with Crippen LogP contribution in [-0.4, -0.2) is 25.4 Å². The highest BCUT2D eigenvalue weighted by Gasteiger charge is 2.14. The molecule has 2 N–H and O–H groups in total. The van der Waals surface area contributed by atoms with E-state index in [1.54, 1.807) is 12.3 Å². The van der Waals surface area contributed by atoms with Gasteiger partial charge < -0.3 is 9.63 Å². The lowest BCUT2D eigenvalue weighted by atomic mass is 10.1. The van der Waals surface area contributed by atoms with Crippen molar-refractivity contribution in [3.63, 3.8) is 0 Å². The number of hydrogen-bond acceptors (Lipinski definition) is 5. The van der Waals surface area contributed by atoms with Crippen LogP contribution in [0.1, 0.15) is 11.4 Å². The first-order valence-electron chi connectivity index (χ1n) is 8.23. The van der Waals surface area contributed by atoms with Gasteiger partial charge in [-0.25, -0.2) is 0 Å². The van der Waals surface area contributed by atoms with Crippen molar-refractivity contribution in [3.05, 3.63) is 72.2 Å². The highest BCUT2D eigenvalue weighted by Crippen LogP contribution is 2.32. The summed E-state index contributed by atoms with van der Waals surface area (Å²) in [4.78, 5) is 4.45. The molecule has 0 radical (unpaired) electrons. The summed E-state index contributed by atoms with van der Waals surface area (Å²) < 4.78 is 5.38. The minimum Gasteiger partial charge on any atom is -0.507 e. The Morgan fingerprint density at radius 3 is 2.69 bits per heavy atom. The Labute approximate surface area is 148 Å². The third kappa shape index (κ3) is 2.48. The normalized spacial score (nSPS) is 11.4. The quantitative estimate of drug-likeness (QED) is 0.516. The average molecular weight is 342 g/mol. The molecular formula is C20H14N4O2. The van der Waals surface area contributed by atoms with Crippen molar-refractivity contribution in [1.82, 2.24) is 20.3 Å². The van der Waals surface area contributed by atoms with Crippen LogP contribution in [0, 0.1) is 0 Å². The molecule has 6 heteroatoms. The summed E-state index contributed by atoms with van der Waals surface area (Å²) in [6, 6.07) is 17.4. The second-order valence-corrected chi connectivity index (χ2v) is 6.20. The molecule has 0 bridgehead atoms. The maximum atomic E-state index is 10.3. The summed E-state index contributed by atoms with van der Waals surface area (Å²) in [7, 11) is 0. The summed E-state index contributed by atoms with van der Waals surface area (Å²) in [5, 5.41) is 24.4. The zero-order chi connectivity index (χ0) is 17.5. The number of H-pyrrole nitrogens is 1. The van der Waals surface area contributed by atoms with Gasteiger partial charge >= 0.3 is 0 Å². The van der Waals surface area contributed by atoms with E-state index in [0.29, 0.717) is 23.7 Å². The predicted molar refractivity (Wildman–Crippen MR) is 97.8 cm³/mol. The Hall–Kier alpha value is -3.67. The topological polar surface area (TPSA) is 87.8 Å². The molecule has 5 rings (SSSR count). The molecule has 2 heterocycles. The van der Waals surface area contributed by atoms with E-state index in [2.05, 4.69) is 20.3 Å². The van der Waals surface area contributed by atoms with Crippen LogP contribution in [0.2, 0.25) is 0 Å². The summed E-state index contributed by atoms with van der Waals surface area (Å²) in [6.45, 7) is 0. The fourth-order valence-electron chi connectivity index (χ4n) is 3.11. The van der Waals surface area contributed by atoms with Crippen LogP contribution in [0.4, 0.5) is 0 Å².